The van der Waals surface area contributed by atoms with Crippen LogP contribution in [-0.4, -0.2) is 23.6 Å². The van der Waals surface area contributed by atoms with Crippen LogP contribution in [0.3, 0.4) is 0 Å². The Morgan fingerprint density at radius 2 is 2.05 bits per heavy atom. The third kappa shape index (κ3) is 2.24. The summed E-state index contributed by atoms with van der Waals surface area (Å²) in [6, 6.07) is 2.09. The average Bonchev–Trinajstić information content (AvgIpc) is 2.86. The average molecular weight is 261 g/mol. The summed E-state index contributed by atoms with van der Waals surface area (Å²) in [5.41, 5.74) is 1.36. The third-order valence-corrected chi connectivity index (χ3v) is 3.94. The Labute approximate surface area is 114 Å². The van der Waals surface area contributed by atoms with E-state index in [2.05, 4.69) is 44.0 Å². The molecule has 0 bridgehead atoms. The van der Waals surface area contributed by atoms with Gasteiger partial charge in [0, 0.05) is 11.1 Å². The summed E-state index contributed by atoms with van der Waals surface area (Å²) < 4.78 is 5.92. The Bertz CT molecular complexity index is 532. The fourth-order valence-electron chi connectivity index (χ4n) is 2.38. The minimum absolute atomic E-state index is 0.0115. The van der Waals surface area contributed by atoms with Crippen LogP contribution >= 0.6 is 0 Å². The second-order valence-electron chi connectivity index (χ2n) is 7.01. The van der Waals surface area contributed by atoms with Gasteiger partial charge in [0.05, 0.1) is 5.56 Å². The smallest absolute Gasteiger partial charge is 0.208 e. The van der Waals surface area contributed by atoms with Crippen molar-refractivity contribution in [2.75, 3.05) is 11.6 Å². The lowest BCUT2D eigenvalue weighted by Crippen LogP contribution is -2.46. The van der Waals surface area contributed by atoms with Crippen molar-refractivity contribution in [2.45, 2.75) is 58.5 Å². The summed E-state index contributed by atoms with van der Waals surface area (Å²) in [7, 11) is 0. The van der Waals surface area contributed by atoms with Crippen LogP contribution in [0.1, 0.15) is 51.9 Å². The Kier molecular flexibility index (Phi) is 2.50. The second-order valence-corrected chi connectivity index (χ2v) is 7.01. The number of anilines is 1. The van der Waals surface area contributed by atoms with Crippen molar-refractivity contribution in [2.24, 2.45) is 4.99 Å². The van der Waals surface area contributed by atoms with E-state index in [4.69, 9.17) is 9.41 Å². The number of nitrogens with one attached hydrogen (secondary N) is 1. The molecule has 1 aliphatic heterocycles. The van der Waals surface area contributed by atoms with Gasteiger partial charge in [-0.15, -0.1) is 0 Å². The molecule has 1 fully saturated rings. The number of hydrogen-bond acceptors (Lipinski definition) is 4. The van der Waals surface area contributed by atoms with E-state index in [1.807, 2.05) is 6.92 Å². The molecule has 3 rings (SSSR count). The van der Waals surface area contributed by atoms with Gasteiger partial charge in [0.2, 0.25) is 5.88 Å². The number of fused-ring (bicyclic) bond motifs is 1. The van der Waals surface area contributed by atoms with Crippen molar-refractivity contribution in [3.05, 3.63) is 17.4 Å². The zero-order valence-electron chi connectivity index (χ0n) is 12.5. The van der Waals surface area contributed by atoms with Crippen LogP contribution in [0.15, 0.2) is 15.5 Å². The molecule has 1 aromatic heterocycles. The van der Waals surface area contributed by atoms with Crippen molar-refractivity contribution in [1.82, 2.24) is 5.32 Å². The Morgan fingerprint density at radius 3 is 2.63 bits per heavy atom. The van der Waals surface area contributed by atoms with E-state index in [-0.39, 0.29) is 11.1 Å². The van der Waals surface area contributed by atoms with Gasteiger partial charge < -0.3 is 14.6 Å². The fourth-order valence-corrected chi connectivity index (χ4v) is 2.38. The first-order chi connectivity index (χ1) is 8.78. The molecule has 0 spiro atoms. The van der Waals surface area contributed by atoms with Crippen LogP contribution in [-0.2, 0) is 0 Å². The summed E-state index contributed by atoms with van der Waals surface area (Å²) in [5.74, 6) is 2.88. The van der Waals surface area contributed by atoms with Crippen molar-refractivity contribution >= 4 is 11.7 Å². The quantitative estimate of drug-likeness (QED) is 0.844. The van der Waals surface area contributed by atoms with E-state index in [0.717, 1.165) is 23.0 Å². The first-order valence-corrected chi connectivity index (χ1v) is 7.00. The highest BCUT2D eigenvalue weighted by Gasteiger charge is 2.40. The molecule has 19 heavy (non-hydrogen) atoms. The van der Waals surface area contributed by atoms with E-state index in [0.29, 0.717) is 6.67 Å². The number of furan rings is 1. The normalized spacial score (nSPS) is 20.9. The molecule has 4 heteroatoms. The lowest BCUT2D eigenvalue weighted by molar-refractivity contribution is 0.437. The topological polar surface area (TPSA) is 40.8 Å². The molecule has 1 N–H and O–H groups in total. The molecule has 0 unspecified atom stereocenters. The second kappa shape index (κ2) is 3.78. The molecule has 0 amide bonds. The first-order valence-electron chi connectivity index (χ1n) is 7.00. The zero-order valence-corrected chi connectivity index (χ0v) is 12.5. The Balaban J connectivity index is 1.96. The largest absolute Gasteiger partial charge is 0.445 e. The predicted octanol–water partition coefficient (Wildman–Crippen LogP) is 3.05. The summed E-state index contributed by atoms with van der Waals surface area (Å²) in [5, 5.41) is 3.57. The number of aliphatic imine (C=N–C) groups is 1. The van der Waals surface area contributed by atoms with Gasteiger partial charge in [-0.2, -0.15) is 0 Å². The van der Waals surface area contributed by atoms with Gasteiger partial charge >= 0.3 is 0 Å². The molecule has 4 nitrogen and oxygen atoms in total. The maximum Gasteiger partial charge on any atom is 0.208 e. The molecular weight excluding hydrogens is 238 g/mol. The molecule has 1 saturated carbocycles. The third-order valence-electron chi connectivity index (χ3n) is 3.94. The van der Waals surface area contributed by atoms with Crippen molar-refractivity contribution in [3.8, 4) is 0 Å². The van der Waals surface area contributed by atoms with Gasteiger partial charge in [-0.05, 0) is 53.5 Å². The van der Waals surface area contributed by atoms with Gasteiger partial charge in [-0.1, -0.05) is 0 Å². The Morgan fingerprint density at radius 1 is 1.37 bits per heavy atom. The maximum absolute atomic E-state index is 5.92. The van der Waals surface area contributed by atoms with E-state index >= 15 is 0 Å². The fraction of sp³-hybridized carbons (Fsp3) is 0.667. The maximum atomic E-state index is 5.92. The van der Waals surface area contributed by atoms with Crippen LogP contribution in [0, 0.1) is 6.92 Å². The number of nitrogens with zero attached hydrogens (tertiary/aromatic N) is 2. The van der Waals surface area contributed by atoms with E-state index in [1.54, 1.807) is 0 Å². The van der Waals surface area contributed by atoms with Gasteiger partial charge in [0.25, 0.3) is 0 Å². The van der Waals surface area contributed by atoms with Crippen LogP contribution in [0.5, 0.6) is 0 Å². The molecule has 1 aliphatic carbocycles. The molecule has 0 aromatic carbocycles. The van der Waals surface area contributed by atoms with Gasteiger partial charge in [-0.25, -0.2) is 4.99 Å². The summed E-state index contributed by atoms with van der Waals surface area (Å²) in [4.78, 5) is 6.95. The molecule has 1 aromatic rings. The van der Waals surface area contributed by atoms with Gasteiger partial charge in [-0.3, -0.25) is 0 Å². The highest BCUT2D eigenvalue weighted by molar-refractivity contribution is 6.04. The molecular formula is C15H23N3O. The van der Waals surface area contributed by atoms with Gasteiger partial charge in [0.1, 0.15) is 18.3 Å². The standard InChI is InChI=1S/C15H23N3O/c1-10-8-11-12(17-15(5)6-7-15)16-9-18(13(11)19-10)14(2,3)4/h8H,6-7,9H2,1-5H3,(H,16,17). The zero-order chi connectivity index (χ0) is 13.8. The SMILES string of the molecule is Cc1cc2c(o1)N(C(C)(C)C)CN=C2NC1(C)CC1. The number of rotatable bonds is 1. The molecule has 2 heterocycles. The first kappa shape index (κ1) is 12.6. The van der Waals surface area contributed by atoms with Crippen LogP contribution in [0.4, 0.5) is 5.88 Å². The van der Waals surface area contributed by atoms with E-state index < -0.39 is 0 Å². The van der Waals surface area contributed by atoms with E-state index in [1.165, 1.54) is 12.8 Å². The Hall–Kier alpha value is -1.45. The monoisotopic (exact) mass is 261 g/mol. The van der Waals surface area contributed by atoms with Crippen LogP contribution < -0.4 is 10.2 Å². The van der Waals surface area contributed by atoms with Crippen molar-refractivity contribution < 1.29 is 4.42 Å². The van der Waals surface area contributed by atoms with Crippen LogP contribution in [0.25, 0.3) is 0 Å². The molecule has 104 valence electrons. The van der Waals surface area contributed by atoms with Crippen molar-refractivity contribution in [1.29, 1.82) is 0 Å². The minimum atomic E-state index is 0.0115. The van der Waals surface area contributed by atoms with E-state index in [9.17, 15) is 0 Å². The molecule has 0 radical (unpaired) electrons. The molecule has 0 atom stereocenters. The summed E-state index contributed by atoms with van der Waals surface area (Å²) in [6.07, 6.45) is 2.45. The highest BCUT2D eigenvalue weighted by Crippen LogP contribution is 2.38. The summed E-state index contributed by atoms with van der Waals surface area (Å²) in [6.45, 7) is 11.5. The lowest BCUT2D eigenvalue weighted by Gasteiger charge is -2.37. The molecule has 2 aliphatic rings. The summed E-state index contributed by atoms with van der Waals surface area (Å²) >= 11 is 0. The number of aryl methyl sites for hydroxylation is 1. The lowest BCUT2D eigenvalue weighted by atomic mass is 10.1. The van der Waals surface area contributed by atoms with Gasteiger partial charge in [0.15, 0.2) is 0 Å². The number of amidine groups is 1. The minimum Gasteiger partial charge on any atom is -0.445 e. The van der Waals surface area contributed by atoms with Crippen LogP contribution in [0.2, 0.25) is 0 Å². The predicted molar refractivity (Wildman–Crippen MR) is 77.9 cm³/mol. The van der Waals surface area contributed by atoms with Crippen molar-refractivity contribution in [3.63, 3.8) is 0 Å². The molecule has 0 saturated heterocycles. The number of hydrogen-bond donors (Lipinski definition) is 1. The highest BCUT2D eigenvalue weighted by atomic mass is 16.4.